The van der Waals surface area contributed by atoms with Crippen molar-refractivity contribution in [2.24, 2.45) is 0 Å². The number of hydrogen-bond acceptors (Lipinski definition) is 6. The summed E-state index contributed by atoms with van der Waals surface area (Å²) in [5, 5.41) is 7.25. The van der Waals surface area contributed by atoms with Crippen LogP contribution < -0.4 is 21.1 Å². The van der Waals surface area contributed by atoms with E-state index in [4.69, 9.17) is 10.5 Å². The van der Waals surface area contributed by atoms with Gasteiger partial charge in [0.05, 0.1) is 12.8 Å². The number of aromatic nitrogens is 2. The predicted molar refractivity (Wildman–Crippen MR) is 104 cm³/mol. The van der Waals surface area contributed by atoms with Crippen molar-refractivity contribution in [1.29, 1.82) is 0 Å². The van der Waals surface area contributed by atoms with Gasteiger partial charge < -0.3 is 21.1 Å². The normalized spacial score (nSPS) is 18.0. The summed E-state index contributed by atoms with van der Waals surface area (Å²) in [6.45, 7) is 5.01. The number of rotatable bonds is 3. The monoisotopic (exact) mass is 353 g/mol. The highest BCUT2D eigenvalue weighted by atomic mass is 16.5. The van der Waals surface area contributed by atoms with Crippen molar-refractivity contribution >= 4 is 17.3 Å². The molecule has 0 bridgehead atoms. The van der Waals surface area contributed by atoms with E-state index in [1.54, 1.807) is 7.11 Å². The Morgan fingerprint density at radius 3 is 2.69 bits per heavy atom. The Morgan fingerprint density at radius 1 is 1.19 bits per heavy atom. The molecule has 1 aromatic carbocycles. The van der Waals surface area contributed by atoms with Gasteiger partial charge in [-0.3, -0.25) is 0 Å². The van der Waals surface area contributed by atoms with E-state index in [0.717, 1.165) is 29.4 Å². The molecule has 4 rings (SSSR count). The van der Waals surface area contributed by atoms with Crippen LogP contribution in [-0.2, 0) is 12.1 Å². The first-order chi connectivity index (χ1) is 12.6. The highest BCUT2D eigenvalue weighted by molar-refractivity contribution is 5.73. The SMILES string of the molecule is COc1c(Nc2ncnc(N)c2C)cc(C)c2c1C1(CCCCC1)NC2. The van der Waals surface area contributed by atoms with Crippen LogP contribution in [0, 0.1) is 13.8 Å². The van der Waals surface area contributed by atoms with Gasteiger partial charge in [0, 0.05) is 23.2 Å². The van der Waals surface area contributed by atoms with Crippen molar-refractivity contribution in [2.75, 3.05) is 18.2 Å². The zero-order valence-corrected chi connectivity index (χ0v) is 15.8. The molecule has 0 unspecified atom stereocenters. The summed E-state index contributed by atoms with van der Waals surface area (Å²) < 4.78 is 5.94. The second-order valence-electron chi connectivity index (χ2n) is 7.48. The molecule has 0 amide bonds. The number of fused-ring (bicyclic) bond motifs is 2. The first-order valence-electron chi connectivity index (χ1n) is 9.36. The molecule has 1 aliphatic heterocycles. The highest BCUT2D eigenvalue weighted by Crippen LogP contribution is 2.50. The molecule has 1 saturated carbocycles. The number of benzene rings is 1. The number of hydrogen-bond donors (Lipinski definition) is 3. The Balaban J connectivity index is 1.83. The van der Waals surface area contributed by atoms with Crippen LogP contribution in [0.2, 0.25) is 0 Å². The van der Waals surface area contributed by atoms with Crippen LogP contribution in [-0.4, -0.2) is 17.1 Å². The molecule has 1 fully saturated rings. The van der Waals surface area contributed by atoms with Crippen molar-refractivity contribution in [3.8, 4) is 5.75 Å². The van der Waals surface area contributed by atoms with E-state index >= 15 is 0 Å². The molecule has 1 spiro atoms. The number of nitrogen functional groups attached to an aromatic ring is 1. The largest absolute Gasteiger partial charge is 0.494 e. The average Bonchev–Trinajstić information content (AvgIpc) is 2.99. The first-order valence-corrected chi connectivity index (χ1v) is 9.36. The average molecular weight is 353 g/mol. The van der Waals surface area contributed by atoms with Gasteiger partial charge in [-0.2, -0.15) is 0 Å². The highest BCUT2D eigenvalue weighted by Gasteiger charge is 2.43. The van der Waals surface area contributed by atoms with E-state index < -0.39 is 0 Å². The molecule has 2 aromatic rings. The van der Waals surface area contributed by atoms with E-state index in [9.17, 15) is 0 Å². The van der Waals surface area contributed by atoms with Crippen LogP contribution in [0.4, 0.5) is 17.3 Å². The zero-order chi connectivity index (χ0) is 18.3. The third-order valence-electron chi connectivity index (χ3n) is 5.98. The van der Waals surface area contributed by atoms with Gasteiger partial charge in [0.25, 0.3) is 0 Å². The van der Waals surface area contributed by atoms with E-state index in [1.807, 2.05) is 6.92 Å². The van der Waals surface area contributed by atoms with E-state index in [2.05, 4.69) is 33.6 Å². The molecule has 6 heteroatoms. The molecular formula is C20H27N5O. The summed E-state index contributed by atoms with van der Waals surface area (Å²) in [7, 11) is 1.76. The summed E-state index contributed by atoms with van der Waals surface area (Å²) in [6, 6.07) is 2.15. The predicted octanol–water partition coefficient (Wildman–Crippen LogP) is 3.69. The smallest absolute Gasteiger partial charge is 0.147 e. The van der Waals surface area contributed by atoms with Crippen molar-refractivity contribution in [1.82, 2.24) is 15.3 Å². The second-order valence-corrected chi connectivity index (χ2v) is 7.48. The van der Waals surface area contributed by atoms with Crippen molar-refractivity contribution < 1.29 is 4.74 Å². The fraction of sp³-hybridized carbons (Fsp3) is 0.500. The van der Waals surface area contributed by atoms with E-state index in [0.29, 0.717) is 5.82 Å². The van der Waals surface area contributed by atoms with Gasteiger partial charge >= 0.3 is 0 Å². The van der Waals surface area contributed by atoms with Gasteiger partial charge in [-0.05, 0) is 43.9 Å². The number of anilines is 3. The number of aryl methyl sites for hydroxylation is 1. The van der Waals surface area contributed by atoms with Crippen molar-refractivity contribution in [3.05, 3.63) is 34.6 Å². The minimum absolute atomic E-state index is 0.0428. The molecule has 1 aliphatic carbocycles. The topological polar surface area (TPSA) is 85.1 Å². The molecule has 2 aliphatic rings. The number of nitrogens with two attached hydrogens (primary N) is 1. The van der Waals surface area contributed by atoms with Gasteiger partial charge in [0.15, 0.2) is 0 Å². The van der Waals surface area contributed by atoms with Gasteiger partial charge in [-0.25, -0.2) is 9.97 Å². The summed E-state index contributed by atoms with van der Waals surface area (Å²) in [5.74, 6) is 2.14. The summed E-state index contributed by atoms with van der Waals surface area (Å²) in [6.07, 6.45) is 7.65. The fourth-order valence-corrected chi connectivity index (χ4v) is 4.52. The van der Waals surface area contributed by atoms with Gasteiger partial charge in [0.1, 0.15) is 23.7 Å². The quantitative estimate of drug-likeness (QED) is 0.780. The minimum Gasteiger partial charge on any atom is -0.494 e. The van der Waals surface area contributed by atoms with Crippen molar-refractivity contribution in [2.45, 2.75) is 58.0 Å². The maximum atomic E-state index is 5.94. The molecule has 6 nitrogen and oxygen atoms in total. The lowest BCUT2D eigenvalue weighted by molar-refractivity contribution is 0.245. The van der Waals surface area contributed by atoms with Crippen LogP contribution in [0.25, 0.3) is 0 Å². The summed E-state index contributed by atoms with van der Waals surface area (Å²) in [5.41, 5.74) is 11.8. The van der Waals surface area contributed by atoms with Gasteiger partial charge in [-0.1, -0.05) is 19.3 Å². The molecular weight excluding hydrogens is 326 g/mol. The fourth-order valence-electron chi connectivity index (χ4n) is 4.52. The van der Waals surface area contributed by atoms with Crippen LogP contribution in [0.3, 0.4) is 0 Å². The van der Waals surface area contributed by atoms with Crippen LogP contribution in [0.1, 0.15) is 54.4 Å². The van der Waals surface area contributed by atoms with Crippen LogP contribution in [0.5, 0.6) is 5.75 Å². The number of nitrogens with zero attached hydrogens (tertiary/aromatic N) is 2. The second kappa shape index (κ2) is 6.43. The lowest BCUT2D eigenvalue weighted by Crippen LogP contribution is -2.38. The molecule has 2 heterocycles. The van der Waals surface area contributed by atoms with E-state index in [-0.39, 0.29) is 5.54 Å². The Bertz CT molecular complexity index is 843. The van der Waals surface area contributed by atoms with Crippen molar-refractivity contribution in [3.63, 3.8) is 0 Å². The molecule has 0 atom stereocenters. The molecule has 1 aromatic heterocycles. The van der Waals surface area contributed by atoms with Crippen LogP contribution >= 0.6 is 0 Å². The number of methoxy groups -OCH3 is 1. The maximum absolute atomic E-state index is 5.94. The standard InChI is InChI=1S/C20H27N5O/c1-12-9-15(25-19-13(2)18(21)22-11-23-19)17(26-3)16-14(12)10-24-20(16)7-5-4-6-8-20/h9,11,24H,4-8,10H2,1-3H3,(H3,21,22,23,25). The minimum atomic E-state index is 0.0428. The Kier molecular flexibility index (Phi) is 4.23. The third kappa shape index (κ3) is 2.60. The van der Waals surface area contributed by atoms with E-state index in [1.165, 1.54) is 55.1 Å². The first kappa shape index (κ1) is 17.1. The zero-order valence-electron chi connectivity index (χ0n) is 15.8. The number of ether oxygens (including phenoxy) is 1. The molecule has 138 valence electrons. The lowest BCUT2D eigenvalue weighted by Gasteiger charge is -2.36. The lowest BCUT2D eigenvalue weighted by atomic mass is 9.76. The molecule has 26 heavy (non-hydrogen) atoms. The maximum Gasteiger partial charge on any atom is 0.147 e. The molecule has 4 N–H and O–H groups in total. The Hall–Kier alpha value is -2.34. The van der Waals surface area contributed by atoms with Gasteiger partial charge in [0.2, 0.25) is 0 Å². The Morgan fingerprint density at radius 2 is 1.96 bits per heavy atom. The number of nitrogens with one attached hydrogen (secondary N) is 2. The van der Waals surface area contributed by atoms with Gasteiger partial charge in [-0.15, -0.1) is 0 Å². The summed E-state index contributed by atoms with van der Waals surface area (Å²) >= 11 is 0. The molecule has 0 radical (unpaired) electrons. The third-order valence-corrected chi connectivity index (χ3v) is 5.98. The van der Waals surface area contributed by atoms with Crippen LogP contribution in [0.15, 0.2) is 12.4 Å². The molecule has 0 saturated heterocycles. The summed E-state index contributed by atoms with van der Waals surface area (Å²) in [4.78, 5) is 8.42. The Labute approximate surface area is 154 Å².